The van der Waals surface area contributed by atoms with Gasteiger partial charge in [-0.15, -0.1) is 0 Å². The van der Waals surface area contributed by atoms with Crippen molar-refractivity contribution in [1.29, 1.82) is 0 Å². The van der Waals surface area contributed by atoms with E-state index < -0.39 is 23.4 Å². The van der Waals surface area contributed by atoms with E-state index in [9.17, 15) is 32.7 Å². The van der Waals surface area contributed by atoms with E-state index in [1.807, 2.05) is 11.9 Å². The first-order chi connectivity index (χ1) is 18.2. The first-order valence-corrected chi connectivity index (χ1v) is 11.2. The Morgan fingerprint density at radius 1 is 0.947 bits per heavy atom. The normalized spacial score (nSPS) is 12.9. The maximum atomic E-state index is 14.0. The van der Waals surface area contributed by atoms with Gasteiger partial charge in [-0.1, -0.05) is 30.3 Å². The van der Waals surface area contributed by atoms with Crippen LogP contribution in [0.25, 0.3) is 27.9 Å². The quantitative estimate of drug-likeness (QED) is 0.365. The number of ether oxygens (including phenoxy) is 1. The summed E-state index contributed by atoms with van der Waals surface area (Å²) in [7, 11) is 1.53. The van der Waals surface area contributed by atoms with Gasteiger partial charge in [-0.2, -0.15) is 13.2 Å². The number of nitrogens with zero attached hydrogens (tertiary/aromatic N) is 2. The maximum absolute atomic E-state index is 14.0. The summed E-state index contributed by atoms with van der Waals surface area (Å²) in [5.74, 6) is 2.67. The Bertz CT molecular complexity index is 1670. The third-order valence-corrected chi connectivity index (χ3v) is 6.41. The Labute approximate surface area is 213 Å². The summed E-state index contributed by atoms with van der Waals surface area (Å²) in [4.78, 5) is 37.4. The van der Waals surface area contributed by atoms with Gasteiger partial charge in [0.1, 0.15) is 22.8 Å². The van der Waals surface area contributed by atoms with Crippen LogP contribution >= 0.6 is 0 Å². The largest absolute Gasteiger partial charge is 0.497 e. The topological polar surface area (TPSA) is 88.8 Å². The molecule has 0 saturated carbocycles. The van der Waals surface area contributed by atoms with Gasteiger partial charge in [0.05, 0.1) is 18.4 Å². The van der Waals surface area contributed by atoms with Crippen LogP contribution in [0.5, 0.6) is 5.75 Å². The lowest BCUT2D eigenvalue weighted by atomic mass is 9.90. The number of carboxylic acids is 1. The molecule has 190 valence electrons. The first kappa shape index (κ1) is 24.6. The lowest BCUT2D eigenvalue weighted by Crippen LogP contribution is -2.25. The predicted octanol–water partition coefficient (Wildman–Crippen LogP) is 5.22. The first-order valence-electron chi connectivity index (χ1n) is 11.2. The fourth-order valence-corrected chi connectivity index (χ4v) is 4.79. The SMILES string of the molecule is COc1ccc(CN2C(=C=O)c3cccc4c(-n5ccc(C(=O)O)c5C(F)(F)F)ccc(c34)C2=C=O)cc1. The van der Waals surface area contributed by atoms with Crippen molar-refractivity contribution in [2.24, 2.45) is 0 Å². The Kier molecular flexibility index (Phi) is 5.91. The molecule has 38 heavy (non-hydrogen) atoms. The molecule has 0 fully saturated rings. The number of carbonyl (C=O) groups is 1. The highest BCUT2D eigenvalue weighted by Gasteiger charge is 2.40. The third kappa shape index (κ3) is 3.85. The summed E-state index contributed by atoms with van der Waals surface area (Å²) in [6.45, 7) is 0.120. The zero-order valence-corrected chi connectivity index (χ0v) is 19.7. The molecule has 0 unspecified atom stereocenters. The molecule has 4 aromatic rings. The Hall–Kier alpha value is -5.04. The monoisotopic (exact) mass is 518 g/mol. The van der Waals surface area contributed by atoms with Gasteiger partial charge >= 0.3 is 12.1 Å². The molecule has 0 saturated heterocycles. The number of aromatic nitrogens is 1. The summed E-state index contributed by atoms with van der Waals surface area (Å²) in [6.07, 6.45) is -3.93. The molecular weight excluding hydrogens is 501 g/mol. The van der Waals surface area contributed by atoms with Crippen LogP contribution in [0.1, 0.15) is 32.7 Å². The molecule has 0 aliphatic carbocycles. The van der Waals surface area contributed by atoms with E-state index >= 15 is 0 Å². The predicted molar refractivity (Wildman–Crippen MR) is 132 cm³/mol. The second-order valence-corrected chi connectivity index (χ2v) is 8.45. The highest BCUT2D eigenvalue weighted by atomic mass is 19.4. The molecule has 0 bridgehead atoms. The number of methoxy groups -OCH3 is 1. The number of aromatic carboxylic acids is 1. The van der Waals surface area contributed by atoms with E-state index in [-0.39, 0.29) is 29.0 Å². The van der Waals surface area contributed by atoms with Gasteiger partial charge in [-0.3, -0.25) is 0 Å². The van der Waals surface area contributed by atoms with Gasteiger partial charge in [-0.05, 0) is 35.9 Å². The van der Waals surface area contributed by atoms with Crippen LogP contribution in [0.3, 0.4) is 0 Å². The average Bonchev–Trinajstić information content (AvgIpc) is 3.36. The summed E-state index contributed by atoms with van der Waals surface area (Å²) >= 11 is 0. The Morgan fingerprint density at radius 2 is 1.61 bits per heavy atom. The molecular formula is C28H17F3N2O5. The molecule has 5 rings (SSSR count). The second kappa shape index (κ2) is 9.12. The van der Waals surface area contributed by atoms with E-state index in [1.165, 1.54) is 24.1 Å². The lowest BCUT2D eigenvalue weighted by Gasteiger charge is -2.32. The number of hydrogen-bond acceptors (Lipinski definition) is 5. The Morgan fingerprint density at radius 3 is 2.18 bits per heavy atom. The molecule has 0 amide bonds. The van der Waals surface area contributed by atoms with Crippen molar-refractivity contribution in [3.8, 4) is 11.4 Å². The van der Waals surface area contributed by atoms with E-state index in [4.69, 9.17) is 4.74 Å². The zero-order valence-electron chi connectivity index (χ0n) is 19.7. The summed E-state index contributed by atoms with van der Waals surface area (Å²) in [5, 5.41) is 9.97. The zero-order chi connectivity index (χ0) is 27.2. The minimum atomic E-state index is -4.96. The van der Waals surface area contributed by atoms with Crippen LogP contribution in [-0.4, -0.2) is 39.5 Å². The number of benzene rings is 3. The standard InChI is InChI=1S/C28H17F3N2O5/c1-38-17-7-5-16(6-8-17)13-33-23(14-34)19-4-2-3-18-22(10-9-20(25(18)19)24(33)15-35)32-12-11-21(27(36)37)26(32)28(29,30)31/h2-12H,13H2,1H3,(H,36,37). The van der Waals surface area contributed by atoms with Crippen molar-refractivity contribution < 1.29 is 37.4 Å². The molecule has 1 aliphatic rings. The van der Waals surface area contributed by atoms with Gasteiger partial charge in [-0.25, -0.2) is 14.4 Å². The minimum Gasteiger partial charge on any atom is -0.497 e. The average molecular weight is 518 g/mol. The number of carboxylic acid groups (broad SMARTS) is 1. The van der Waals surface area contributed by atoms with Crippen LogP contribution in [0, 0.1) is 0 Å². The van der Waals surface area contributed by atoms with Crippen molar-refractivity contribution in [3.63, 3.8) is 0 Å². The van der Waals surface area contributed by atoms with Crippen LogP contribution in [0.4, 0.5) is 13.2 Å². The van der Waals surface area contributed by atoms with Crippen molar-refractivity contribution in [2.45, 2.75) is 12.7 Å². The summed E-state index contributed by atoms with van der Waals surface area (Å²) in [6, 6.07) is 15.4. The summed E-state index contributed by atoms with van der Waals surface area (Å²) in [5.41, 5.74) is -0.701. The van der Waals surface area contributed by atoms with Gasteiger partial charge in [0, 0.05) is 34.6 Å². The van der Waals surface area contributed by atoms with Crippen LogP contribution in [-0.2, 0) is 22.3 Å². The molecule has 0 radical (unpaired) electrons. The molecule has 1 aliphatic heterocycles. The number of halogens is 3. The Balaban J connectivity index is 1.72. The number of rotatable bonds is 5. The number of alkyl halides is 3. The molecule has 1 aromatic heterocycles. The van der Waals surface area contributed by atoms with Crippen molar-refractivity contribution in [3.05, 3.63) is 94.8 Å². The highest BCUT2D eigenvalue weighted by molar-refractivity contribution is 6.15. The van der Waals surface area contributed by atoms with Gasteiger partial charge in [0.15, 0.2) is 11.9 Å². The third-order valence-electron chi connectivity index (χ3n) is 6.41. The van der Waals surface area contributed by atoms with Crippen LogP contribution in [0.2, 0.25) is 0 Å². The van der Waals surface area contributed by atoms with Gasteiger partial charge in [0.25, 0.3) is 0 Å². The smallest absolute Gasteiger partial charge is 0.432 e. The lowest BCUT2D eigenvalue weighted by molar-refractivity contribution is -0.142. The molecule has 7 nitrogen and oxygen atoms in total. The van der Waals surface area contributed by atoms with Gasteiger partial charge in [0.2, 0.25) is 0 Å². The van der Waals surface area contributed by atoms with Crippen molar-refractivity contribution >= 4 is 40.0 Å². The summed E-state index contributed by atoms with van der Waals surface area (Å²) < 4.78 is 47.8. The van der Waals surface area contributed by atoms with E-state index in [0.29, 0.717) is 22.3 Å². The highest BCUT2D eigenvalue weighted by Crippen LogP contribution is 2.44. The van der Waals surface area contributed by atoms with Gasteiger partial charge < -0.3 is 19.3 Å². The minimum absolute atomic E-state index is 0.0178. The number of carbonyl (C=O) groups excluding carboxylic acids is 2. The van der Waals surface area contributed by atoms with Crippen LogP contribution in [0.15, 0.2) is 66.9 Å². The molecule has 3 aromatic carbocycles. The molecule has 0 atom stereocenters. The van der Waals surface area contributed by atoms with E-state index in [0.717, 1.165) is 22.4 Å². The van der Waals surface area contributed by atoms with Crippen LogP contribution < -0.4 is 4.74 Å². The van der Waals surface area contributed by atoms with E-state index in [2.05, 4.69) is 0 Å². The second-order valence-electron chi connectivity index (χ2n) is 8.45. The fraction of sp³-hybridized carbons (Fsp3) is 0.107. The maximum Gasteiger partial charge on any atom is 0.432 e. The number of hydrogen-bond donors (Lipinski definition) is 1. The molecule has 10 heteroatoms. The fourth-order valence-electron chi connectivity index (χ4n) is 4.79. The van der Waals surface area contributed by atoms with Crippen molar-refractivity contribution in [2.75, 3.05) is 7.11 Å². The van der Waals surface area contributed by atoms with E-state index in [1.54, 1.807) is 42.5 Å². The van der Waals surface area contributed by atoms with Crippen molar-refractivity contribution in [1.82, 2.24) is 9.47 Å². The molecule has 0 spiro atoms. The molecule has 2 heterocycles. The molecule has 1 N–H and O–H groups in total.